The molecule has 0 aromatic heterocycles. The number of hydrogen-bond acceptors (Lipinski definition) is 2. The molecule has 9 heavy (non-hydrogen) atoms. The minimum atomic E-state index is -0.982. The number of aliphatic hydroxyl groups is 1. The van der Waals surface area contributed by atoms with E-state index < -0.39 is 12.1 Å². The van der Waals surface area contributed by atoms with Gasteiger partial charge in [0.2, 0.25) is 0 Å². The third-order valence-electron chi connectivity index (χ3n) is 0.849. The molecule has 0 heterocycles. The second-order valence-corrected chi connectivity index (χ2v) is 1.78. The molecule has 3 nitrogen and oxygen atoms in total. The molecule has 0 bridgehead atoms. The Labute approximate surface area is 53.6 Å². The van der Waals surface area contributed by atoms with Gasteiger partial charge in [0.05, 0.1) is 12.5 Å². The van der Waals surface area contributed by atoms with Crippen molar-refractivity contribution in [1.82, 2.24) is 0 Å². The average molecular weight is 130 g/mol. The number of aliphatic carboxylic acids is 1. The van der Waals surface area contributed by atoms with E-state index in [-0.39, 0.29) is 6.42 Å². The predicted octanol–water partition coefficient (Wildman–Crippen LogP) is 0.398. The summed E-state index contributed by atoms with van der Waals surface area (Å²) in [4.78, 5) is 9.89. The van der Waals surface area contributed by atoms with Crippen LogP contribution in [0.2, 0.25) is 0 Å². The van der Waals surface area contributed by atoms with Crippen LogP contribution in [0.1, 0.15) is 12.8 Å². The van der Waals surface area contributed by atoms with E-state index in [9.17, 15) is 4.79 Å². The fourth-order valence-corrected chi connectivity index (χ4v) is 0.477. The lowest BCUT2D eigenvalue weighted by Crippen LogP contribution is -2.11. The summed E-state index contributed by atoms with van der Waals surface area (Å²) in [6, 6.07) is 0. The molecule has 0 aliphatic rings. The topological polar surface area (TPSA) is 57.5 Å². The van der Waals surface area contributed by atoms with E-state index in [1.165, 1.54) is 6.08 Å². The molecule has 0 radical (unpaired) electrons. The highest BCUT2D eigenvalue weighted by Crippen LogP contribution is 1.96. The van der Waals surface area contributed by atoms with Crippen LogP contribution in [0, 0.1) is 0 Å². The molecule has 0 saturated carbocycles. The van der Waals surface area contributed by atoms with Gasteiger partial charge in [-0.3, -0.25) is 4.79 Å². The summed E-state index contributed by atoms with van der Waals surface area (Å²) >= 11 is 0. The Morgan fingerprint density at radius 3 is 2.67 bits per heavy atom. The highest BCUT2D eigenvalue weighted by atomic mass is 16.4. The Balaban J connectivity index is 3.37. The molecule has 0 saturated heterocycles. The number of aliphatic hydroxyl groups excluding tert-OH is 1. The quantitative estimate of drug-likeness (QED) is 0.541. The van der Waals surface area contributed by atoms with Gasteiger partial charge >= 0.3 is 5.97 Å². The van der Waals surface area contributed by atoms with Crippen molar-refractivity contribution in [1.29, 1.82) is 0 Å². The van der Waals surface area contributed by atoms with Crippen molar-refractivity contribution in [3.8, 4) is 0 Å². The Kier molecular flexibility index (Phi) is 3.71. The summed E-state index contributed by atoms with van der Waals surface area (Å²) in [7, 11) is 0. The SMILES string of the molecule is C=CCC(O)CC(=O)O. The van der Waals surface area contributed by atoms with Crippen LogP contribution in [0.15, 0.2) is 12.7 Å². The third-order valence-corrected chi connectivity index (χ3v) is 0.849. The highest BCUT2D eigenvalue weighted by Gasteiger charge is 2.05. The minimum Gasteiger partial charge on any atom is -0.481 e. The van der Waals surface area contributed by atoms with Gasteiger partial charge in [-0.25, -0.2) is 0 Å². The number of carbonyl (C=O) groups is 1. The monoisotopic (exact) mass is 130 g/mol. The Bertz CT molecular complexity index is 109. The molecule has 0 aliphatic carbocycles. The number of carboxylic acids is 1. The molecule has 52 valence electrons. The summed E-state index contributed by atoms with van der Waals surface area (Å²) in [6.45, 7) is 3.36. The average Bonchev–Trinajstić information content (AvgIpc) is 1.63. The predicted molar refractivity (Wildman–Crippen MR) is 33.1 cm³/mol. The van der Waals surface area contributed by atoms with Crippen LogP contribution >= 0.6 is 0 Å². The normalized spacial score (nSPS) is 12.6. The lowest BCUT2D eigenvalue weighted by molar-refractivity contribution is -0.139. The zero-order valence-corrected chi connectivity index (χ0v) is 5.08. The highest BCUT2D eigenvalue weighted by molar-refractivity contribution is 5.67. The third kappa shape index (κ3) is 5.03. The van der Waals surface area contributed by atoms with Crippen LogP contribution in [0.25, 0.3) is 0 Å². The summed E-state index contributed by atoms with van der Waals surface area (Å²) in [5.41, 5.74) is 0. The first kappa shape index (κ1) is 8.17. The maximum Gasteiger partial charge on any atom is 0.305 e. The lowest BCUT2D eigenvalue weighted by Gasteiger charge is -2.01. The fourth-order valence-electron chi connectivity index (χ4n) is 0.477. The van der Waals surface area contributed by atoms with E-state index in [0.29, 0.717) is 6.42 Å². The second kappa shape index (κ2) is 4.09. The van der Waals surface area contributed by atoms with E-state index in [0.717, 1.165) is 0 Å². The Morgan fingerprint density at radius 1 is 1.78 bits per heavy atom. The van der Waals surface area contributed by atoms with Gasteiger partial charge in [-0.05, 0) is 6.42 Å². The molecule has 3 heteroatoms. The van der Waals surface area contributed by atoms with Gasteiger partial charge in [-0.15, -0.1) is 6.58 Å². The summed E-state index contributed by atoms with van der Waals surface area (Å²) in [5.74, 6) is -0.982. The first-order valence-corrected chi connectivity index (χ1v) is 2.67. The smallest absolute Gasteiger partial charge is 0.305 e. The minimum absolute atomic E-state index is 0.202. The molecule has 0 aromatic rings. The van der Waals surface area contributed by atoms with Gasteiger partial charge in [0.1, 0.15) is 0 Å². The van der Waals surface area contributed by atoms with Crippen molar-refractivity contribution in [2.24, 2.45) is 0 Å². The van der Waals surface area contributed by atoms with Gasteiger partial charge in [0.15, 0.2) is 0 Å². The van der Waals surface area contributed by atoms with Crippen LogP contribution in [0.3, 0.4) is 0 Å². The van der Waals surface area contributed by atoms with Gasteiger partial charge in [-0.1, -0.05) is 6.08 Å². The Morgan fingerprint density at radius 2 is 2.33 bits per heavy atom. The molecule has 0 aromatic carbocycles. The maximum absolute atomic E-state index is 9.89. The fraction of sp³-hybridized carbons (Fsp3) is 0.500. The van der Waals surface area contributed by atoms with Crippen LogP contribution in [0.4, 0.5) is 0 Å². The number of rotatable bonds is 4. The van der Waals surface area contributed by atoms with Crippen molar-refractivity contribution >= 4 is 5.97 Å². The molecule has 0 spiro atoms. The second-order valence-electron chi connectivity index (χ2n) is 1.78. The molecule has 1 unspecified atom stereocenters. The number of carboxylic acid groups (broad SMARTS) is 1. The first-order valence-electron chi connectivity index (χ1n) is 2.67. The van der Waals surface area contributed by atoms with Gasteiger partial charge < -0.3 is 10.2 Å². The molecule has 0 amide bonds. The largest absolute Gasteiger partial charge is 0.481 e. The van der Waals surface area contributed by atoms with Crippen molar-refractivity contribution in [2.45, 2.75) is 18.9 Å². The summed E-state index contributed by atoms with van der Waals surface area (Å²) in [5, 5.41) is 16.9. The summed E-state index contributed by atoms with van der Waals surface area (Å²) < 4.78 is 0. The van der Waals surface area contributed by atoms with Gasteiger partial charge in [0.25, 0.3) is 0 Å². The van der Waals surface area contributed by atoms with Crippen LogP contribution in [-0.4, -0.2) is 22.3 Å². The lowest BCUT2D eigenvalue weighted by atomic mass is 10.2. The van der Waals surface area contributed by atoms with Crippen molar-refractivity contribution in [3.63, 3.8) is 0 Å². The molecule has 0 fully saturated rings. The zero-order valence-electron chi connectivity index (χ0n) is 5.08. The zero-order chi connectivity index (χ0) is 7.28. The van der Waals surface area contributed by atoms with E-state index in [1.54, 1.807) is 0 Å². The van der Waals surface area contributed by atoms with E-state index in [2.05, 4.69) is 6.58 Å². The van der Waals surface area contributed by atoms with Crippen LogP contribution < -0.4 is 0 Å². The maximum atomic E-state index is 9.89. The summed E-state index contributed by atoms with van der Waals surface area (Å²) in [6.07, 6.45) is 0.853. The Hall–Kier alpha value is -0.830. The van der Waals surface area contributed by atoms with Gasteiger partial charge in [0, 0.05) is 0 Å². The van der Waals surface area contributed by atoms with E-state index >= 15 is 0 Å². The standard InChI is InChI=1S/C6H10O3/c1-2-3-5(7)4-6(8)9/h2,5,7H,1,3-4H2,(H,8,9). The van der Waals surface area contributed by atoms with Crippen LogP contribution in [-0.2, 0) is 4.79 Å². The van der Waals surface area contributed by atoms with E-state index in [4.69, 9.17) is 10.2 Å². The van der Waals surface area contributed by atoms with Crippen LogP contribution in [0.5, 0.6) is 0 Å². The van der Waals surface area contributed by atoms with Crippen molar-refractivity contribution in [2.75, 3.05) is 0 Å². The molecule has 0 aliphatic heterocycles. The van der Waals surface area contributed by atoms with Crippen molar-refractivity contribution < 1.29 is 15.0 Å². The van der Waals surface area contributed by atoms with Crippen molar-refractivity contribution in [3.05, 3.63) is 12.7 Å². The van der Waals surface area contributed by atoms with Gasteiger partial charge in [-0.2, -0.15) is 0 Å². The number of hydrogen-bond donors (Lipinski definition) is 2. The molecular weight excluding hydrogens is 120 g/mol. The van der Waals surface area contributed by atoms with E-state index in [1.807, 2.05) is 0 Å². The molecule has 1 atom stereocenters. The molecule has 2 N–H and O–H groups in total. The molecular formula is C6H10O3. The first-order chi connectivity index (χ1) is 4.16. The molecule has 0 rings (SSSR count).